The van der Waals surface area contributed by atoms with Crippen LogP contribution in [0.3, 0.4) is 0 Å². The SMILES string of the molecule is CC(N)Cc1ccc(OCCCC#N)c(C(F)(F)F)c1. The maximum atomic E-state index is 13.0. The lowest BCUT2D eigenvalue weighted by Crippen LogP contribution is -2.18. The molecular weight excluding hydrogens is 269 g/mol. The van der Waals surface area contributed by atoms with E-state index in [0.717, 1.165) is 6.07 Å². The fraction of sp³-hybridized carbons (Fsp3) is 0.500. The van der Waals surface area contributed by atoms with Crippen LogP contribution in [0.4, 0.5) is 13.2 Å². The molecule has 0 radical (unpaired) electrons. The first-order valence-corrected chi connectivity index (χ1v) is 6.30. The second kappa shape index (κ2) is 7.15. The van der Waals surface area contributed by atoms with Crippen molar-refractivity contribution in [1.82, 2.24) is 0 Å². The number of hydrogen-bond acceptors (Lipinski definition) is 3. The summed E-state index contributed by atoms with van der Waals surface area (Å²) >= 11 is 0. The van der Waals surface area contributed by atoms with E-state index in [1.54, 1.807) is 13.0 Å². The zero-order valence-corrected chi connectivity index (χ0v) is 11.2. The largest absolute Gasteiger partial charge is 0.493 e. The molecule has 6 heteroatoms. The quantitative estimate of drug-likeness (QED) is 0.816. The van der Waals surface area contributed by atoms with Crippen LogP contribution in [0.1, 0.15) is 30.9 Å². The second-order valence-electron chi connectivity index (χ2n) is 4.62. The summed E-state index contributed by atoms with van der Waals surface area (Å²) in [5.41, 5.74) is 5.32. The van der Waals surface area contributed by atoms with E-state index in [0.29, 0.717) is 18.4 Å². The summed E-state index contributed by atoms with van der Waals surface area (Å²) < 4.78 is 44.1. The van der Waals surface area contributed by atoms with E-state index in [4.69, 9.17) is 15.7 Å². The zero-order chi connectivity index (χ0) is 15.2. The molecule has 1 aromatic rings. The number of rotatable bonds is 6. The molecular formula is C14H17F3N2O. The number of nitrogens with two attached hydrogens (primary N) is 1. The van der Waals surface area contributed by atoms with Crippen LogP contribution in [0.2, 0.25) is 0 Å². The molecule has 0 aliphatic rings. The Kier molecular flexibility index (Phi) is 5.83. The number of unbranched alkanes of at least 4 members (excludes halogenated alkanes) is 1. The second-order valence-corrected chi connectivity index (χ2v) is 4.62. The van der Waals surface area contributed by atoms with Crippen molar-refractivity contribution in [3.05, 3.63) is 29.3 Å². The van der Waals surface area contributed by atoms with Gasteiger partial charge in [-0.05, 0) is 37.5 Å². The lowest BCUT2D eigenvalue weighted by Gasteiger charge is -2.16. The van der Waals surface area contributed by atoms with Gasteiger partial charge in [-0.1, -0.05) is 6.07 Å². The van der Waals surface area contributed by atoms with Gasteiger partial charge in [-0.2, -0.15) is 18.4 Å². The summed E-state index contributed by atoms with van der Waals surface area (Å²) in [7, 11) is 0. The number of halogens is 3. The van der Waals surface area contributed by atoms with Crippen LogP contribution >= 0.6 is 0 Å². The standard InChI is InChI=1S/C14H17F3N2O/c1-10(19)8-11-4-5-13(20-7-3-2-6-18)12(9-11)14(15,16)17/h4-5,9-10H,2-3,7-8,19H2,1H3. The number of hydrogen-bond donors (Lipinski definition) is 1. The van der Waals surface area contributed by atoms with Gasteiger partial charge in [0.1, 0.15) is 5.75 Å². The molecule has 2 N–H and O–H groups in total. The van der Waals surface area contributed by atoms with Crippen LogP contribution in [0.25, 0.3) is 0 Å². The first-order chi connectivity index (χ1) is 9.34. The Bertz CT molecular complexity index is 478. The molecule has 1 aromatic carbocycles. The first-order valence-electron chi connectivity index (χ1n) is 6.30. The van der Waals surface area contributed by atoms with E-state index in [1.165, 1.54) is 6.07 Å². The summed E-state index contributed by atoms with van der Waals surface area (Å²) in [5, 5.41) is 8.37. The fourth-order valence-corrected chi connectivity index (χ4v) is 1.76. The predicted molar refractivity (Wildman–Crippen MR) is 69.1 cm³/mol. The molecule has 0 saturated heterocycles. The number of alkyl halides is 3. The lowest BCUT2D eigenvalue weighted by molar-refractivity contribution is -0.139. The molecule has 0 aromatic heterocycles. The molecule has 0 bridgehead atoms. The molecule has 1 atom stereocenters. The molecule has 110 valence electrons. The summed E-state index contributed by atoms with van der Waals surface area (Å²) in [6.45, 7) is 1.82. The van der Waals surface area contributed by atoms with Gasteiger partial charge in [0.05, 0.1) is 18.2 Å². The molecule has 0 aliphatic heterocycles. The molecule has 1 unspecified atom stereocenters. The minimum Gasteiger partial charge on any atom is -0.493 e. The third-order valence-electron chi connectivity index (χ3n) is 2.60. The van der Waals surface area contributed by atoms with Crippen LogP contribution in [-0.4, -0.2) is 12.6 Å². The van der Waals surface area contributed by atoms with Crippen LogP contribution in [0, 0.1) is 11.3 Å². The third-order valence-corrected chi connectivity index (χ3v) is 2.60. The zero-order valence-electron chi connectivity index (χ0n) is 11.2. The van der Waals surface area contributed by atoms with Gasteiger partial charge >= 0.3 is 6.18 Å². The highest BCUT2D eigenvalue weighted by atomic mass is 19.4. The summed E-state index contributed by atoms with van der Waals surface area (Å²) in [6.07, 6.45) is -3.45. The number of benzene rings is 1. The van der Waals surface area contributed by atoms with Gasteiger partial charge in [0.15, 0.2) is 0 Å². The molecule has 20 heavy (non-hydrogen) atoms. The Morgan fingerprint density at radius 2 is 2.10 bits per heavy atom. The predicted octanol–water partition coefficient (Wildman–Crippen LogP) is 3.28. The highest BCUT2D eigenvalue weighted by molar-refractivity contribution is 5.39. The molecule has 1 rings (SSSR count). The Hall–Kier alpha value is -1.74. The molecule has 0 amide bonds. The third kappa shape index (κ3) is 5.10. The lowest BCUT2D eigenvalue weighted by atomic mass is 10.0. The number of nitrogens with zero attached hydrogens (tertiary/aromatic N) is 1. The highest BCUT2D eigenvalue weighted by Crippen LogP contribution is 2.37. The Morgan fingerprint density at radius 3 is 2.65 bits per heavy atom. The van der Waals surface area contributed by atoms with Gasteiger partial charge in [0.25, 0.3) is 0 Å². The minimum atomic E-state index is -4.47. The van der Waals surface area contributed by atoms with Gasteiger partial charge < -0.3 is 10.5 Å². The van der Waals surface area contributed by atoms with E-state index >= 15 is 0 Å². The van der Waals surface area contributed by atoms with Gasteiger partial charge in [-0.3, -0.25) is 0 Å². The summed E-state index contributed by atoms with van der Waals surface area (Å²) in [6, 6.07) is 5.67. The number of nitriles is 1. The van der Waals surface area contributed by atoms with Gasteiger partial charge in [-0.25, -0.2) is 0 Å². The fourth-order valence-electron chi connectivity index (χ4n) is 1.76. The van der Waals surface area contributed by atoms with Crippen molar-refractivity contribution in [3.8, 4) is 11.8 Å². The molecule has 0 spiro atoms. The van der Waals surface area contributed by atoms with Crippen molar-refractivity contribution in [1.29, 1.82) is 5.26 Å². The van der Waals surface area contributed by atoms with Crippen LogP contribution in [0.5, 0.6) is 5.75 Å². The average Bonchev–Trinajstić information content (AvgIpc) is 2.34. The monoisotopic (exact) mass is 286 g/mol. The van der Waals surface area contributed by atoms with Crippen molar-refractivity contribution in [2.45, 2.75) is 38.4 Å². The van der Waals surface area contributed by atoms with Crippen molar-refractivity contribution in [2.24, 2.45) is 5.73 Å². The van der Waals surface area contributed by atoms with Crippen LogP contribution in [0.15, 0.2) is 18.2 Å². The van der Waals surface area contributed by atoms with Crippen molar-refractivity contribution in [3.63, 3.8) is 0 Å². The van der Waals surface area contributed by atoms with Crippen molar-refractivity contribution >= 4 is 0 Å². The van der Waals surface area contributed by atoms with Gasteiger partial charge in [0.2, 0.25) is 0 Å². The maximum Gasteiger partial charge on any atom is 0.419 e. The Labute approximate surface area is 116 Å². The molecule has 0 heterocycles. The van der Waals surface area contributed by atoms with Gasteiger partial charge in [0, 0.05) is 12.5 Å². The Balaban J connectivity index is 2.90. The van der Waals surface area contributed by atoms with Crippen LogP contribution < -0.4 is 10.5 Å². The average molecular weight is 286 g/mol. The smallest absolute Gasteiger partial charge is 0.419 e. The molecule has 0 aliphatic carbocycles. The topological polar surface area (TPSA) is 59.0 Å². The summed E-state index contributed by atoms with van der Waals surface area (Å²) in [5.74, 6) is -0.205. The van der Waals surface area contributed by atoms with E-state index in [9.17, 15) is 13.2 Å². The van der Waals surface area contributed by atoms with E-state index < -0.39 is 11.7 Å². The highest BCUT2D eigenvalue weighted by Gasteiger charge is 2.34. The Morgan fingerprint density at radius 1 is 1.40 bits per heavy atom. The van der Waals surface area contributed by atoms with Crippen molar-refractivity contribution < 1.29 is 17.9 Å². The first kappa shape index (κ1) is 16.3. The van der Waals surface area contributed by atoms with E-state index in [-0.39, 0.29) is 24.8 Å². The van der Waals surface area contributed by atoms with Crippen LogP contribution in [-0.2, 0) is 12.6 Å². The molecule has 0 fully saturated rings. The number of ether oxygens (including phenoxy) is 1. The van der Waals surface area contributed by atoms with E-state index in [1.807, 2.05) is 6.07 Å². The molecule has 3 nitrogen and oxygen atoms in total. The maximum absolute atomic E-state index is 13.0. The molecule has 0 saturated carbocycles. The normalized spacial score (nSPS) is 12.8. The van der Waals surface area contributed by atoms with E-state index in [2.05, 4.69) is 0 Å². The summed E-state index contributed by atoms with van der Waals surface area (Å²) in [4.78, 5) is 0. The minimum absolute atomic E-state index is 0.0866. The van der Waals surface area contributed by atoms with Gasteiger partial charge in [-0.15, -0.1) is 0 Å². The van der Waals surface area contributed by atoms with Crippen molar-refractivity contribution in [2.75, 3.05) is 6.61 Å².